The zero-order valence-corrected chi connectivity index (χ0v) is 16.0. The Kier molecular flexibility index (Phi) is 3.81. The number of carbonyl (C=O) groups excluding carboxylic acids is 2. The van der Waals surface area contributed by atoms with Gasteiger partial charge >= 0.3 is 5.97 Å². The van der Waals surface area contributed by atoms with Crippen molar-refractivity contribution in [3.63, 3.8) is 0 Å². The molecular weight excluding hydrogens is 382 g/mol. The summed E-state index contributed by atoms with van der Waals surface area (Å²) in [6.07, 6.45) is 0.793. The molecule has 2 aromatic rings. The largest absolute Gasteiger partial charge is 0.493 e. The predicted molar refractivity (Wildman–Crippen MR) is 102 cm³/mol. The smallest absolute Gasteiger partial charge is 0.326 e. The van der Waals surface area contributed by atoms with E-state index in [9.17, 15) is 9.59 Å². The zero-order valence-electron chi connectivity index (χ0n) is 15.3. The molecule has 0 aliphatic carbocycles. The number of carbonyl (C=O) groups is 2. The average Bonchev–Trinajstić information content (AvgIpc) is 3.33. The molecule has 1 unspecified atom stereocenters. The van der Waals surface area contributed by atoms with Gasteiger partial charge in [-0.3, -0.25) is 14.5 Å². The molecule has 2 aromatic carbocycles. The van der Waals surface area contributed by atoms with Gasteiger partial charge in [0, 0.05) is 34.3 Å². The van der Waals surface area contributed by atoms with Gasteiger partial charge < -0.3 is 14.2 Å². The number of amides is 1. The van der Waals surface area contributed by atoms with Gasteiger partial charge in [-0.2, -0.15) is 0 Å². The third-order valence-electron chi connectivity index (χ3n) is 5.61. The van der Waals surface area contributed by atoms with E-state index in [1.54, 1.807) is 25.1 Å². The first-order chi connectivity index (χ1) is 13.5. The minimum atomic E-state index is -1.01. The number of hydrogen-bond donors (Lipinski definition) is 0. The number of hydrogen-bond acceptors (Lipinski definition) is 5. The minimum absolute atomic E-state index is 0.146. The highest BCUT2D eigenvalue weighted by atomic mass is 35.5. The summed E-state index contributed by atoms with van der Waals surface area (Å²) in [5.41, 5.74) is 2.27. The topological polar surface area (TPSA) is 65.1 Å². The van der Waals surface area contributed by atoms with Crippen molar-refractivity contribution in [3.05, 3.63) is 52.0 Å². The van der Waals surface area contributed by atoms with Gasteiger partial charge in [0.15, 0.2) is 0 Å². The first-order valence-electron chi connectivity index (χ1n) is 9.25. The van der Waals surface area contributed by atoms with E-state index in [0.717, 1.165) is 28.9 Å². The molecule has 3 aliphatic heterocycles. The van der Waals surface area contributed by atoms with Crippen LogP contribution in [0.5, 0.6) is 11.5 Å². The lowest BCUT2D eigenvalue weighted by Crippen LogP contribution is -2.44. The molecule has 3 heterocycles. The highest BCUT2D eigenvalue weighted by Gasteiger charge is 2.57. The van der Waals surface area contributed by atoms with E-state index in [-0.39, 0.29) is 25.7 Å². The lowest BCUT2D eigenvalue weighted by molar-refractivity contribution is -0.142. The van der Waals surface area contributed by atoms with E-state index in [1.165, 1.54) is 4.90 Å². The Labute approximate surface area is 166 Å². The predicted octanol–water partition coefficient (Wildman–Crippen LogP) is 2.86. The summed E-state index contributed by atoms with van der Waals surface area (Å²) in [4.78, 5) is 27.3. The van der Waals surface area contributed by atoms with Crippen LogP contribution in [0, 0.1) is 0 Å². The number of nitrogens with zero attached hydrogens (tertiary/aromatic N) is 1. The second-order valence-electron chi connectivity index (χ2n) is 7.11. The number of ether oxygens (including phenoxy) is 3. The molecular formula is C21H18ClNO5. The van der Waals surface area contributed by atoms with Crippen molar-refractivity contribution in [2.24, 2.45) is 0 Å². The Morgan fingerprint density at radius 1 is 1.21 bits per heavy atom. The second-order valence-corrected chi connectivity index (χ2v) is 7.54. The number of anilines is 1. The van der Waals surface area contributed by atoms with Crippen molar-refractivity contribution in [2.75, 3.05) is 31.3 Å². The monoisotopic (exact) mass is 399 g/mol. The molecule has 0 saturated carbocycles. The van der Waals surface area contributed by atoms with Crippen LogP contribution in [0.2, 0.25) is 5.02 Å². The first-order valence-corrected chi connectivity index (χ1v) is 9.63. The Morgan fingerprint density at radius 2 is 2.07 bits per heavy atom. The third-order valence-corrected chi connectivity index (χ3v) is 5.84. The van der Waals surface area contributed by atoms with E-state index in [1.807, 2.05) is 12.1 Å². The Hall–Kier alpha value is -2.73. The van der Waals surface area contributed by atoms with Crippen LogP contribution in [0.15, 0.2) is 30.3 Å². The van der Waals surface area contributed by atoms with E-state index in [2.05, 4.69) is 0 Å². The van der Waals surface area contributed by atoms with Crippen LogP contribution < -0.4 is 14.4 Å². The summed E-state index contributed by atoms with van der Waals surface area (Å²) in [5, 5.41) is 0.529. The molecule has 3 aliphatic rings. The molecule has 0 fully saturated rings. The molecule has 5 rings (SSSR count). The van der Waals surface area contributed by atoms with Gasteiger partial charge in [0.2, 0.25) is 5.91 Å². The van der Waals surface area contributed by atoms with Crippen molar-refractivity contribution < 1.29 is 23.8 Å². The van der Waals surface area contributed by atoms with E-state index < -0.39 is 11.4 Å². The van der Waals surface area contributed by atoms with Gasteiger partial charge in [-0.25, -0.2) is 0 Å². The summed E-state index contributed by atoms with van der Waals surface area (Å²) in [7, 11) is 0. The van der Waals surface area contributed by atoms with Crippen LogP contribution in [0.25, 0.3) is 0 Å². The van der Waals surface area contributed by atoms with Gasteiger partial charge in [0.25, 0.3) is 0 Å². The van der Waals surface area contributed by atoms with E-state index in [4.69, 9.17) is 25.8 Å². The van der Waals surface area contributed by atoms with Crippen LogP contribution in [-0.2, 0) is 26.2 Å². The normalized spacial score (nSPS) is 21.2. The fourth-order valence-electron chi connectivity index (χ4n) is 4.36. The number of fused-ring (bicyclic) bond motifs is 5. The molecule has 1 spiro atoms. The van der Waals surface area contributed by atoms with Crippen molar-refractivity contribution in [3.8, 4) is 11.5 Å². The fourth-order valence-corrected chi connectivity index (χ4v) is 4.53. The van der Waals surface area contributed by atoms with Crippen molar-refractivity contribution in [2.45, 2.75) is 18.8 Å². The van der Waals surface area contributed by atoms with E-state index >= 15 is 0 Å². The standard InChI is InChI=1S/C21H18ClNO5/c1-2-26-19(24)10-23-16-4-3-13(22)8-14(16)21(20(23)25)11-28-18-9-17-12(5-6-27-17)7-15(18)21/h3-4,7-9H,2,5-6,10-11H2,1H3. The molecule has 1 atom stereocenters. The summed E-state index contributed by atoms with van der Waals surface area (Å²) < 4.78 is 16.6. The van der Waals surface area contributed by atoms with Gasteiger partial charge in [0.05, 0.1) is 13.2 Å². The van der Waals surface area contributed by atoms with Crippen molar-refractivity contribution >= 4 is 29.2 Å². The number of halogens is 1. The quantitative estimate of drug-likeness (QED) is 0.742. The highest BCUT2D eigenvalue weighted by molar-refractivity contribution is 6.31. The maximum atomic E-state index is 13.7. The zero-order chi connectivity index (χ0) is 19.5. The van der Waals surface area contributed by atoms with Crippen molar-refractivity contribution in [1.82, 2.24) is 0 Å². The fraction of sp³-hybridized carbons (Fsp3) is 0.333. The van der Waals surface area contributed by atoms with Crippen LogP contribution in [0.3, 0.4) is 0 Å². The number of benzene rings is 2. The molecule has 28 heavy (non-hydrogen) atoms. The summed E-state index contributed by atoms with van der Waals surface area (Å²) in [5.74, 6) is 0.791. The second kappa shape index (κ2) is 6.14. The molecule has 7 heteroatoms. The maximum absolute atomic E-state index is 13.7. The molecule has 0 N–H and O–H groups in total. The van der Waals surface area contributed by atoms with Crippen LogP contribution in [0.4, 0.5) is 5.69 Å². The average molecular weight is 400 g/mol. The lowest BCUT2D eigenvalue weighted by Gasteiger charge is -2.23. The Balaban J connectivity index is 1.67. The highest BCUT2D eigenvalue weighted by Crippen LogP contribution is 2.54. The summed E-state index contributed by atoms with van der Waals surface area (Å²) >= 11 is 6.27. The summed E-state index contributed by atoms with van der Waals surface area (Å²) in [6, 6.07) is 9.15. The van der Waals surface area contributed by atoms with E-state index in [0.29, 0.717) is 23.1 Å². The maximum Gasteiger partial charge on any atom is 0.326 e. The number of esters is 1. The Bertz CT molecular complexity index is 1020. The van der Waals surface area contributed by atoms with Crippen LogP contribution in [-0.4, -0.2) is 38.2 Å². The third kappa shape index (κ3) is 2.27. The van der Waals surface area contributed by atoms with Gasteiger partial charge in [0.1, 0.15) is 30.1 Å². The number of rotatable bonds is 3. The summed E-state index contributed by atoms with van der Waals surface area (Å²) in [6.45, 7) is 2.64. The molecule has 1 amide bonds. The van der Waals surface area contributed by atoms with Crippen LogP contribution in [0.1, 0.15) is 23.6 Å². The molecule has 0 bridgehead atoms. The SMILES string of the molecule is CCOC(=O)CN1C(=O)C2(COc3cc4c(cc32)CCO4)c2cc(Cl)ccc21. The minimum Gasteiger partial charge on any atom is -0.493 e. The van der Waals surface area contributed by atoms with Crippen LogP contribution >= 0.6 is 11.6 Å². The van der Waals surface area contributed by atoms with Gasteiger partial charge in [-0.15, -0.1) is 0 Å². The lowest BCUT2D eigenvalue weighted by atomic mass is 9.76. The van der Waals surface area contributed by atoms with Crippen molar-refractivity contribution in [1.29, 1.82) is 0 Å². The first kappa shape index (κ1) is 17.4. The Morgan fingerprint density at radius 3 is 2.89 bits per heavy atom. The van der Waals surface area contributed by atoms with Gasteiger partial charge in [-0.05, 0) is 36.8 Å². The molecule has 0 saturated heterocycles. The molecule has 0 radical (unpaired) electrons. The molecule has 144 valence electrons. The molecule has 6 nitrogen and oxygen atoms in total. The molecule has 0 aromatic heterocycles. The van der Waals surface area contributed by atoms with Gasteiger partial charge in [-0.1, -0.05) is 11.6 Å².